The minimum atomic E-state index is -0.380. The quantitative estimate of drug-likeness (QED) is 0.743. The summed E-state index contributed by atoms with van der Waals surface area (Å²) in [7, 11) is 0. The van der Waals surface area contributed by atoms with Gasteiger partial charge in [0.2, 0.25) is 0 Å². The SMILES string of the molecule is C=CC(C(=C)C(C)(C)N)c1ccccc1. The molecule has 1 heteroatoms. The van der Waals surface area contributed by atoms with Crippen molar-refractivity contribution in [3.63, 3.8) is 0 Å². The molecule has 0 saturated carbocycles. The molecule has 2 N–H and O–H groups in total. The summed E-state index contributed by atoms with van der Waals surface area (Å²) in [5.41, 5.74) is 7.85. The van der Waals surface area contributed by atoms with Crippen LogP contribution in [0, 0.1) is 0 Å². The highest BCUT2D eigenvalue weighted by molar-refractivity contribution is 5.36. The van der Waals surface area contributed by atoms with Gasteiger partial charge in [-0.25, -0.2) is 0 Å². The fourth-order valence-electron chi connectivity index (χ4n) is 1.54. The standard InChI is InChI=1S/C14H19N/c1-5-13(11(2)14(3,4)15)12-9-7-6-8-10-12/h5-10,13H,1-2,15H2,3-4H3. The molecule has 1 atom stereocenters. The van der Waals surface area contributed by atoms with Crippen LogP contribution in [-0.4, -0.2) is 5.54 Å². The van der Waals surface area contributed by atoms with Crippen LogP contribution < -0.4 is 5.73 Å². The molecule has 0 aliphatic rings. The van der Waals surface area contributed by atoms with Gasteiger partial charge in [-0.2, -0.15) is 0 Å². The average Bonchev–Trinajstić information content (AvgIpc) is 2.19. The second kappa shape index (κ2) is 4.45. The van der Waals surface area contributed by atoms with Crippen LogP contribution in [0.25, 0.3) is 0 Å². The van der Waals surface area contributed by atoms with Crippen molar-refractivity contribution in [1.29, 1.82) is 0 Å². The van der Waals surface area contributed by atoms with Gasteiger partial charge >= 0.3 is 0 Å². The van der Waals surface area contributed by atoms with Gasteiger partial charge in [0.25, 0.3) is 0 Å². The maximum absolute atomic E-state index is 6.05. The van der Waals surface area contributed by atoms with Crippen LogP contribution in [0.2, 0.25) is 0 Å². The van der Waals surface area contributed by atoms with Crippen molar-refractivity contribution in [2.75, 3.05) is 0 Å². The Bertz CT molecular complexity index is 343. The minimum Gasteiger partial charge on any atom is -0.322 e. The molecule has 1 aromatic carbocycles. The van der Waals surface area contributed by atoms with Crippen molar-refractivity contribution in [1.82, 2.24) is 0 Å². The number of benzene rings is 1. The molecule has 0 bridgehead atoms. The summed E-state index contributed by atoms with van der Waals surface area (Å²) in [6.45, 7) is 11.9. The lowest BCUT2D eigenvalue weighted by Crippen LogP contribution is -2.36. The third kappa shape index (κ3) is 2.80. The molecule has 0 radical (unpaired) electrons. The Morgan fingerprint density at radius 1 is 1.33 bits per heavy atom. The molecule has 0 fully saturated rings. The van der Waals surface area contributed by atoms with Crippen LogP contribution in [0.4, 0.5) is 0 Å². The van der Waals surface area contributed by atoms with Gasteiger partial charge in [0.1, 0.15) is 0 Å². The third-order valence-corrected chi connectivity index (χ3v) is 2.60. The van der Waals surface area contributed by atoms with E-state index in [1.165, 1.54) is 5.56 Å². The van der Waals surface area contributed by atoms with E-state index in [0.29, 0.717) is 0 Å². The first kappa shape index (κ1) is 11.7. The van der Waals surface area contributed by atoms with Crippen LogP contribution in [0.3, 0.4) is 0 Å². The molecule has 1 rings (SSSR count). The predicted octanol–water partition coefficient (Wildman–Crippen LogP) is 3.25. The van der Waals surface area contributed by atoms with Crippen molar-refractivity contribution in [2.24, 2.45) is 5.73 Å². The van der Waals surface area contributed by atoms with Gasteiger partial charge in [-0.05, 0) is 25.0 Å². The molecular formula is C14H19N. The number of allylic oxidation sites excluding steroid dienone is 1. The lowest BCUT2D eigenvalue weighted by molar-refractivity contribution is 0.582. The largest absolute Gasteiger partial charge is 0.322 e. The summed E-state index contributed by atoms with van der Waals surface area (Å²) in [5.74, 6) is 0.131. The van der Waals surface area contributed by atoms with Gasteiger partial charge in [0.05, 0.1) is 0 Å². The number of nitrogens with two attached hydrogens (primary N) is 1. The number of hydrogen-bond donors (Lipinski definition) is 1. The monoisotopic (exact) mass is 201 g/mol. The first-order valence-electron chi connectivity index (χ1n) is 5.12. The summed E-state index contributed by atoms with van der Waals surface area (Å²) in [4.78, 5) is 0. The molecule has 0 heterocycles. The lowest BCUT2D eigenvalue weighted by Gasteiger charge is -2.27. The molecule has 1 aromatic rings. The van der Waals surface area contributed by atoms with Crippen LogP contribution >= 0.6 is 0 Å². The Morgan fingerprint density at radius 3 is 2.27 bits per heavy atom. The minimum absolute atomic E-state index is 0.131. The van der Waals surface area contributed by atoms with Crippen LogP contribution in [-0.2, 0) is 0 Å². The van der Waals surface area contributed by atoms with E-state index in [9.17, 15) is 0 Å². The van der Waals surface area contributed by atoms with E-state index in [4.69, 9.17) is 5.73 Å². The van der Waals surface area contributed by atoms with E-state index >= 15 is 0 Å². The van der Waals surface area contributed by atoms with E-state index in [2.05, 4.69) is 25.3 Å². The van der Waals surface area contributed by atoms with Crippen LogP contribution in [0.1, 0.15) is 25.3 Å². The fourth-order valence-corrected chi connectivity index (χ4v) is 1.54. The van der Waals surface area contributed by atoms with E-state index in [1.807, 2.05) is 38.1 Å². The Morgan fingerprint density at radius 2 is 1.87 bits per heavy atom. The van der Waals surface area contributed by atoms with Crippen molar-refractivity contribution in [2.45, 2.75) is 25.3 Å². The highest BCUT2D eigenvalue weighted by Gasteiger charge is 2.22. The van der Waals surface area contributed by atoms with Crippen molar-refractivity contribution in [3.8, 4) is 0 Å². The van der Waals surface area contributed by atoms with Crippen molar-refractivity contribution in [3.05, 3.63) is 60.7 Å². The molecule has 1 unspecified atom stereocenters. The normalized spacial score (nSPS) is 13.3. The molecule has 0 saturated heterocycles. The molecule has 0 amide bonds. The van der Waals surface area contributed by atoms with Gasteiger partial charge in [0.15, 0.2) is 0 Å². The Labute approximate surface area is 92.3 Å². The second-order valence-electron chi connectivity index (χ2n) is 4.37. The zero-order valence-electron chi connectivity index (χ0n) is 9.53. The predicted molar refractivity (Wildman–Crippen MR) is 66.8 cm³/mol. The van der Waals surface area contributed by atoms with Crippen molar-refractivity contribution >= 4 is 0 Å². The van der Waals surface area contributed by atoms with Gasteiger partial charge in [-0.3, -0.25) is 0 Å². The van der Waals surface area contributed by atoms with E-state index in [-0.39, 0.29) is 11.5 Å². The number of rotatable bonds is 4. The summed E-state index contributed by atoms with van der Waals surface area (Å²) >= 11 is 0. The summed E-state index contributed by atoms with van der Waals surface area (Å²) in [6.07, 6.45) is 1.90. The third-order valence-electron chi connectivity index (χ3n) is 2.60. The van der Waals surface area contributed by atoms with Gasteiger partial charge < -0.3 is 5.73 Å². The summed E-state index contributed by atoms with van der Waals surface area (Å²) in [5, 5.41) is 0. The van der Waals surface area contributed by atoms with Crippen LogP contribution in [0.5, 0.6) is 0 Å². The Kier molecular flexibility index (Phi) is 3.48. The molecule has 0 aliphatic heterocycles. The van der Waals surface area contributed by atoms with E-state index < -0.39 is 0 Å². The molecule has 80 valence electrons. The van der Waals surface area contributed by atoms with E-state index in [0.717, 1.165) is 5.57 Å². The lowest BCUT2D eigenvalue weighted by atomic mass is 9.82. The average molecular weight is 201 g/mol. The second-order valence-corrected chi connectivity index (χ2v) is 4.37. The summed E-state index contributed by atoms with van der Waals surface area (Å²) in [6, 6.07) is 10.2. The fraction of sp³-hybridized carbons (Fsp3) is 0.286. The zero-order valence-corrected chi connectivity index (χ0v) is 9.53. The maximum Gasteiger partial charge on any atom is 0.0317 e. The maximum atomic E-state index is 6.05. The molecule has 15 heavy (non-hydrogen) atoms. The van der Waals surface area contributed by atoms with Gasteiger partial charge in [0, 0.05) is 11.5 Å². The molecular weight excluding hydrogens is 182 g/mol. The molecule has 1 nitrogen and oxygen atoms in total. The first-order chi connectivity index (χ1) is 6.96. The topological polar surface area (TPSA) is 26.0 Å². The smallest absolute Gasteiger partial charge is 0.0317 e. The van der Waals surface area contributed by atoms with Crippen LogP contribution in [0.15, 0.2) is 55.1 Å². The Balaban J connectivity index is 3.01. The van der Waals surface area contributed by atoms with Gasteiger partial charge in [-0.15, -0.1) is 6.58 Å². The highest BCUT2D eigenvalue weighted by Crippen LogP contribution is 2.30. The van der Waals surface area contributed by atoms with Gasteiger partial charge in [-0.1, -0.05) is 43.0 Å². The number of hydrogen-bond acceptors (Lipinski definition) is 1. The van der Waals surface area contributed by atoms with Crippen molar-refractivity contribution < 1.29 is 0 Å². The van der Waals surface area contributed by atoms with E-state index in [1.54, 1.807) is 0 Å². The molecule has 0 spiro atoms. The highest BCUT2D eigenvalue weighted by atomic mass is 14.7. The first-order valence-corrected chi connectivity index (χ1v) is 5.12. The molecule has 0 aromatic heterocycles. The Hall–Kier alpha value is -1.34. The zero-order chi connectivity index (χ0) is 11.5. The molecule has 0 aliphatic carbocycles. The summed E-state index contributed by atoms with van der Waals surface area (Å²) < 4.78 is 0.